The Morgan fingerprint density at radius 2 is 1.74 bits per heavy atom. The maximum absolute atomic E-state index is 12.9. The Balaban J connectivity index is 1.88. The van der Waals surface area contributed by atoms with Gasteiger partial charge in [-0.05, 0) is 28.5 Å². The third-order valence-electron chi connectivity index (χ3n) is 5.76. The second-order valence-electron chi connectivity index (χ2n) is 7.12. The lowest BCUT2D eigenvalue weighted by molar-refractivity contribution is -0.128. The predicted molar refractivity (Wildman–Crippen MR) is 109 cm³/mol. The van der Waals surface area contributed by atoms with E-state index < -0.39 is 5.54 Å². The summed E-state index contributed by atoms with van der Waals surface area (Å²) in [4.78, 5) is 15.0. The molecular weight excluding hydrogens is 336 g/mol. The third-order valence-corrected chi connectivity index (χ3v) is 5.76. The van der Waals surface area contributed by atoms with Crippen molar-refractivity contribution in [3.05, 3.63) is 78.4 Å². The summed E-state index contributed by atoms with van der Waals surface area (Å²) >= 11 is 0. The van der Waals surface area contributed by atoms with Gasteiger partial charge in [0.05, 0.1) is 13.2 Å². The Labute approximate surface area is 159 Å². The van der Waals surface area contributed by atoms with Crippen LogP contribution in [0.5, 0.6) is 0 Å². The zero-order chi connectivity index (χ0) is 18.9. The molecule has 0 bridgehead atoms. The summed E-state index contributed by atoms with van der Waals surface area (Å²) in [6.45, 7) is 3.56. The fourth-order valence-corrected chi connectivity index (χ4v) is 4.29. The number of hydrogen-bond donors (Lipinski definition) is 1. The molecule has 0 aliphatic carbocycles. The van der Waals surface area contributed by atoms with Gasteiger partial charge < -0.3 is 15.4 Å². The SMILES string of the molecule is C[C@H](c1cccc2ccccc12)C1(C(N)=O)COCCN1c1ccccc1. The van der Waals surface area contributed by atoms with Crippen molar-refractivity contribution in [3.8, 4) is 0 Å². The minimum atomic E-state index is -0.941. The number of rotatable bonds is 4. The molecule has 1 saturated heterocycles. The van der Waals surface area contributed by atoms with E-state index in [4.69, 9.17) is 10.5 Å². The van der Waals surface area contributed by atoms with E-state index >= 15 is 0 Å². The lowest BCUT2D eigenvalue weighted by Crippen LogP contribution is -2.67. The van der Waals surface area contributed by atoms with Crippen molar-refractivity contribution < 1.29 is 9.53 Å². The monoisotopic (exact) mass is 360 g/mol. The molecule has 138 valence electrons. The van der Waals surface area contributed by atoms with Gasteiger partial charge >= 0.3 is 0 Å². The van der Waals surface area contributed by atoms with Gasteiger partial charge in [-0.25, -0.2) is 0 Å². The minimum absolute atomic E-state index is 0.137. The van der Waals surface area contributed by atoms with Gasteiger partial charge in [0.2, 0.25) is 5.91 Å². The standard InChI is InChI=1S/C23H24N2O2/c1-17(20-13-7-9-18-8-5-6-12-21(18)20)23(22(24)26)16-27-15-14-25(23)19-10-3-2-4-11-19/h2-13,17H,14-16H2,1H3,(H2,24,26)/t17-,23?/m1/s1. The number of morpholine rings is 1. The van der Waals surface area contributed by atoms with Crippen molar-refractivity contribution in [2.45, 2.75) is 18.4 Å². The quantitative estimate of drug-likeness (QED) is 0.772. The van der Waals surface area contributed by atoms with Crippen molar-refractivity contribution in [2.75, 3.05) is 24.7 Å². The Morgan fingerprint density at radius 3 is 2.52 bits per heavy atom. The van der Waals surface area contributed by atoms with E-state index in [9.17, 15) is 4.79 Å². The topological polar surface area (TPSA) is 55.6 Å². The van der Waals surface area contributed by atoms with Gasteiger partial charge in [0.1, 0.15) is 5.54 Å². The Bertz CT molecular complexity index is 952. The molecule has 4 nitrogen and oxygen atoms in total. The van der Waals surface area contributed by atoms with E-state index in [1.807, 2.05) is 48.5 Å². The van der Waals surface area contributed by atoms with E-state index in [1.165, 1.54) is 0 Å². The molecule has 27 heavy (non-hydrogen) atoms. The number of ether oxygens (including phenoxy) is 1. The van der Waals surface area contributed by atoms with Gasteiger partial charge in [0.25, 0.3) is 0 Å². The van der Waals surface area contributed by atoms with Crippen LogP contribution in [0, 0.1) is 0 Å². The molecule has 4 rings (SSSR count). The summed E-state index contributed by atoms with van der Waals surface area (Å²) in [6, 6.07) is 24.5. The van der Waals surface area contributed by atoms with E-state index in [0.717, 1.165) is 22.0 Å². The van der Waals surface area contributed by atoms with Crippen LogP contribution in [0.4, 0.5) is 5.69 Å². The van der Waals surface area contributed by atoms with Gasteiger partial charge in [-0.2, -0.15) is 0 Å². The van der Waals surface area contributed by atoms with Crippen molar-refractivity contribution in [1.29, 1.82) is 0 Å². The molecule has 1 aliphatic rings. The summed E-state index contributed by atoms with van der Waals surface area (Å²) in [6.07, 6.45) is 0. The lowest BCUT2D eigenvalue weighted by Gasteiger charge is -2.49. The van der Waals surface area contributed by atoms with E-state index in [2.05, 4.69) is 36.1 Å². The molecule has 3 aromatic rings. The fraction of sp³-hybridized carbons (Fsp3) is 0.261. The number of amides is 1. The number of para-hydroxylation sites is 1. The first-order chi connectivity index (χ1) is 13.1. The molecule has 0 saturated carbocycles. The van der Waals surface area contributed by atoms with Crippen molar-refractivity contribution in [3.63, 3.8) is 0 Å². The van der Waals surface area contributed by atoms with Crippen LogP contribution in [0.3, 0.4) is 0 Å². The maximum atomic E-state index is 12.9. The summed E-state index contributed by atoms with van der Waals surface area (Å²) in [5.74, 6) is -0.493. The van der Waals surface area contributed by atoms with Gasteiger partial charge in [-0.15, -0.1) is 0 Å². The molecule has 2 N–H and O–H groups in total. The number of nitrogens with two attached hydrogens (primary N) is 1. The number of carbonyl (C=O) groups is 1. The number of fused-ring (bicyclic) bond motifs is 1. The lowest BCUT2D eigenvalue weighted by atomic mass is 9.76. The molecular formula is C23H24N2O2. The summed E-state index contributed by atoms with van der Waals surface area (Å²) in [5, 5.41) is 2.30. The van der Waals surface area contributed by atoms with Crippen LogP contribution in [0.15, 0.2) is 72.8 Å². The first-order valence-corrected chi connectivity index (χ1v) is 9.32. The first-order valence-electron chi connectivity index (χ1n) is 9.32. The number of anilines is 1. The predicted octanol–water partition coefficient (Wildman–Crippen LogP) is 3.70. The molecule has 0 radical (unpaired) electrons. The van der Waals surface area contributed by atoms with Gasteiger partial charge in [-0.1, -0.05) is 67.6 Å². The van der Waals surface area contributed by atoms with Crippen LogP contribution in [-0.2, 0) is 9.53 Å². The highest BCUT2D eigenvalue weighted by atomic mass is 16.5. The van der Waals surface area contributed by atoms with Crippen LogP contribution in [0.2, 0.25) is 0 Å². The van der Waals surface area contributed by atoms with Crippen LogP contribution in [0.25, 0.3) is 10.8 Å². The average Bonchev–Trinajstić information content (AvgIpc) is 2.73. The van der Waals surface area contributed by atoms with Crippen LogP contribution in [-0.4, -0.2) is 31.2 Å². The molecule has 1 heterocycles. The van der Waals surface area contributed by atoms with Crippen molar-refractivity contribution >= 4 is 22.4 Å². The molecule has 0 aromatic heterocycles. The van der Waals surface area contributed by atoms with Crippen LogP contribution < -0.4 is 10.6 Å². The molecule has 1 unspecified atom stereocenters. The Hall–Kier alpha value is -2.85. The average molecular weight is 360 g/mol. The highest BCUT2D eigenvalue weighted by molar-refractivity contribution is 5.93. The number of hydrogen-bond acceptors (Lipinski definition) is 3. The first kappa shape index (κ1) is 17.6. The molecule has 1 fully saturated rings. The van der Waals surface area contributed by atoms with E-state index in [1.54, 1.807) is 0 Å². The number of nitrogens with zero attached hydrogens (tertiary/aromatic N) is 1. The van der Waals surface area contributed by atoms with Crippen LogP contribution >= 0.6 is 0 Å². The van der Waals surface area contributed by atoms with Gasteiger partial charge in [-0.3, -0.25) is 4.79 Å². The number of carbonyl (C=O) groups excluding carboxylic acids is 1. The molecule has 4 heteroatoms. The maximum Gasteiger partial charge on any atom is 0.246 e. The molecule has 0 spiro atoms. The van der Waals surface area contributed by atoms with Gasteiger partial charge in [0, 0.05) is 18.2 Å². The molecule has 1 aliphatic heterocycles. The van der Waals surface area contributed by atoms with Crippen molar-refractivity contribution in [1.82, 2.24) is 0 Å². The second-order valence-corrected chi connectivity index (χ2v) is 7.12. The zero-order valence-electron chi connectivity index (χ0n) is 15.5. The highest BCUT2D eigenvalue weighted by Gasteiger charge is 2.50. The van der Waals surface area contributed by atoms with E-state index in [-0.39, 0.29) is 18.4 Å². The second kappa shape index (κ2) is 7.05. The largest absolute Gasteiger partial charge is 0.377 e. The van der Waals surface area contributed by atoms with E-state index in [0.29, 0.717) is 13.2 Å². The summed E-state index contributed by atoms with van der Waals surface area (Å²) in [7, 11) is 0. The van der Waals surface area contributed by atoms with Crippen molar-refractivity contribution in [2.24, 2.45) is 5.73 Å². The molecule has 3 aromatic carbocycles. The zero-order valence-corrected chi connectivity index (χ0v) is 15.5. The smallest absolute Gasteiger partial charge is 0.246 e. The highest BCUT2D eigenvalue weighted by Crippen LogP contribution is 2.40. The summed E-state index contributed by atoms with van der Waals surface area (Å²) < 4.78 is 5.81. The third kappa shape index (κ3) is 2.86. The Morgan fingerprint density at radius 1 is 1.04 bits per heavy atom. The molecule has 1 amide bonds. The van der Waals surface area contributed by atoms with Gasteiger partial charge in [0.15, 0.2) is 0 Å². The molecule has 2 atom stereocenters. The fourth-order valence-electron chi connectivity index (χ4n) is 4.29. The van der Waals surface area contributed by atoms with Crippen LogP contribution in [0.1, 0.15) is 18.4 Å². The minimum Gasteiger partial charge on any atom is -0.377 e. The Kier molecular flexibility index (Phi) is 4.58. The number of benzene rings is 3. The normalized spacial score (nSPS) is 21.1. The number of primary amides is 1. The summed E-state index contributed by atoms with van der Waals surface area (Å²) in [5.41, 5.74) is 7.21.